The van der Waals surface area contributed by atoms with Crippen LogP contribution in [0.25, 0.3) is 0 Å². The number of para-hydroxylation sites is 1. The van der Waals surface area contributed by atoms with Crippen LogP contribution >= 0.6 is 0 Å². The number of guanidine groups is 1. The molecule has 0 saturated carbocycles. The van der Waals surface area contributed by atoms with E-state index in [9.17, 15) is 0 Å². The molecule has 1 aromatic rings. The van der Waals surface area contributed by atoms with Crippen molar-refractivity contribution in [2.45, 2.75) is 6.54 Å². The minimum atomic E-state index is 0.685. The zero-order chi connectivity index (χ0) is 14.1. The van der Waals surface area contributed by atoms with Gasteiger partial charge in [-0.25, -0.2) is 0 Å². The smallest absolute Gasteiger partial charge is 0.190 e. The predicted octanol–water partition coefficient (Wildman–Crippen LogP) is 0.922. The lowest BCUT2D eigenvalue weighted by Gasteiger charge is -2.15. The number of hydrogen-bond donors (Lipinski definition) is 2. The number of rotatable bonds is 6. The second-order valence-electron chi connectivity index (χ2n) is 4.44. The molecule has 0 atom stereocenters. The van der Waals surface area contributed by atoms with Crippen molar-refractivity contribution >= 4 is 5.96 Å². The number of likely N-dealkylation sites (N-methyl/N-ethyl adjacent to an activating group) is 1. The summed E-state index contributed by atoms with van der Waals surface area (Å²) in [5.74, 6) is 1.69. The molecule has 106 valence electrons. The molecular formula is C14H24N4O. The van der Waals surface area contributed by atoms with Crippen molar-refractivity contribution < 1.29 is 4.74 Å². The van der Waals surface area contributed by atoms with Crippen LogP contribution in [0.1, 0.15) is 5.56 Å². The maximum absolute atomic E-state index is 5.81. The first-order chi connectivity index (χ1) is 9.17. The zero-order valence-electron chi connectivity index (χ0n) is 12.2. The monoisotopic (exact) mass is 264 g/mol. The van der Waals surface area contributed by atoms with Crippen LogP contribution in [0.4, 0.5) is 0 Å². The number of benzene rings is 1. The Morgan fingerprint density at radius 1 is 1.32 bits per heavy atom. The van der Waals surface area contributed by atoms with Crippen molar-refractivity contribution in [2.24, 2.45) is 4.99 Å². The van der Waals surface area contributed by atoms with Gasteiger partial charge in [0.05, 0.1) is 0 Å². The molecule has 0 fully saturated rings. The van der Waals surface area contributed by atoms with Crippen LogP contribution < -0.4 is 15.4 Å². The number of nitrogens with zero attached hydrogens (tertiary/aromatic N) is 2. The molecule has 0 aliphatic rings. The van der Waals surface area contributed by atoms with E-state index in [0.29, 0.717) is 13.2 Å². The standard InChI is InChI=1S/C14H24N4O/c1-15-14(16-2)17-11-12-7-5-6-8-13(12)19-10-9-18(3)4/h5-8H,9-11H2,1-4H3,(H2,15,16,17). The maximum Gasteiger partial charge on any atom is 0.190 e. The second-order valence-corrected chi connectivity index (χ2v) is 4.44. The highest BCUT2D eigenvalue weighted by Crippen LogP contribution is 2.17. The van der Waals surface area contributed by atoms with Crippen LogP contribution in [0.3, 0.4) is 0 Å². The highest BCUT2D eigenvalue weighted by molar-refractivity contribution is 5.79. The molecule has 1 aromatic carbocycles. The number of aliphatic imine (C=N–C) groups is 1. The SMILES string of the molecule is CN=C(NC)NCc1ccccc1OCCN(C)C. The normalized spacial score (nSPS) is 11.5. The van der Waals surface area contributed by atoms with Gasteiger partial charge in [-0.2, -0.15) is 0 Å². The molecule has 0 aromatic heterocycles. The van der Waals surface area contributed by atoms with Crippen molar-refractivity contribution in [3.8, 4) is 5.75 Å². The molecule has 0 aliphatic carbocycles. The van der Waals surface area contributed by atoms with E-state index in [1.165, 1.54) is 0 Å². The number of ether oxygens (including phenoxy) is 1. The summed E-state index contributed by atoms with van der Waals surface area (Å²) < 4.78 is 5.81. The fraction of sp³-hybridized carbons (Fsp3) is 0.500. The molecule has 1 rings (SSSR count). The third-order valence-electron chi connectivity index (χ3n) is 2.68. The van der Waals surface area contributed by atoms with Gasteiger partial charge in [0.25, 0.3) is 0 Å². The Bertz CT molecular complexity index is 404. The average molecular weight is 264 g/mol. The van der Waals surface area contributed by atoms with E-state index < -0.39 is 0 Å². The summed E-state index contributed by atoms with van der Waals surface area (Å²) in [5.41, 5.74) is 1.12. The highest BCUT2D eigenvalue weighted by atomic mass is 16.5. The first-order valence-electron chi connectivity index (χ1n) is 6.41. The van der Waals surface area contributed by atoms with Crippen LogP contribution in [-0.4, -0.2) is 52.2 Å². The van der Waals surface area contributed by atoms with E-state index in [4.69, 9.17) is 4.74 Å². The Morgan fingerprint density at radius 2 is 2.05 bits per heavy atom. The average Bonchev–Trinajstić information content (AvgIpc) is 2.41. The molecule has 5 nitrogen and oxygen atoms in total. The van der Waals surface area contributed by atoms with E-state index in [0.717, 1.165) is 23.8 Å². The van der Waals surface area contributed by atoms with Gasteiger partial charge in [-0.05, 0) is 20.2 Å². The summed E-state index contributed by atoms with van der Waals surface area (Å²) in [7, 11) is 7.66. The summed E-state index contributed by atoms with van der Waals surface area (Å²) >= 11 is 0. The van der Waals surface area contributed by atoms with Gasteiger partial charge in [-0.3, -0.25) is 4.99 Å². The Morgan fingerprint density at radius 3 is 2.68 bits per heavy atom. The molecule has 0 amide bonds. The topological polar surface area (TPSA) is 48.9 Å². The minimum Gasteiger partial charge on any atom is -0.492 e. The van der Waals surface area contributed by atoms with Crippen LogP contribution in [0.2, 0.25) is 0 Å². The van der Waals surface area contributed by atoms with Crippen LogP contribution in [-0.2, 0) is 6.54 Å². The summed E-state index contributed by atoms with van der Waals surface area (Å²) in [6, 6.07) is 8.05. The Balaban J connectivity index is 2.57. The molecule has 0 unspecified atom stereocenters. The van der Waals surface area contributed by atoms with Crippen LogP contribution in [0.15, 0.2) is 29.3 Å². The Kier molecular flexibility index (Phi) is 6.74. The van der Waals surface area contributed by atoms with Crippen molar-refractivity contribution in [1.82, 2.24) is 15.5 Å². The maximum atomic E-state index is 5.81. The van der Waals surface area contributed by atoms with E-state index in [2.05, 4.69) is 26.6 Å². The summed E-state index contributed by atoms with van der Waals surface area (Å²) in [6.45, 7) is 2.27. The minimum absolute atomic E-state index is 0.685. The molecule has 0 saturated heterocycles. The molecule has 0 bridgehead atoms. The fourth-order valence-electron chi connectivity index (χ4n) is 1.59. The van der Waals surface area contributed by atoms with Gasteiger partial charge in [0.1, 0.15) is 12.4 Å². The van der Waals surface area contributed by atoms with Gasteiger partial charge in [0, 0.05) is 32.7 Å². The molecule has 0 spiro atoms. The van der Waals surface area contributed by atoms with Gasteiger partial charge >= 0.3 is 0 Å². The lowest BCUT2D eigenvalue weighted by atomic mass is 10.2. The van der Waals surface area contributed by atoms with Gasteiger partial charge in [-0.1, -0.05) is 18.2 Å². The molecule has 0 radical (unpaired) electrons. The first kappa shape index (κ1) is 15.3. The lowest BCUT2D eigenvalue weighted by Crippen LogP contribution is -2.34. The van der Waals surface area contributed by atoms with Crippen molar-refractivity contribution in [3.63, 3.8) is 0 Å². The summed E-state index contributed by atoms with van der Waals surface area (Å²) in [6.07, 6.45) is 0. The van der Waals surface area contributed by atoms with E-state index in [1.807, 2.05) is 39.3 Å². The Hall–Kier alpha value is -1.75. The van der Waals surface area contributed by atoms with Gasteiger partial charge < -0.3 is 20.3 Å². The summed E-state index contributed by atoms with van der Waals surface area (Å²) in [5, 5.41) is 6.21. The largest absolute Gasteiger partial charge is 0.492 e. The quantitative estimate of drug-likeness (QED) is 0.592. The van der Waals surface area contributed by atoms with Crippen LogP contribution in [0.5, 0.6) is 5.75 Å². The Labute approximate surface area is 115 Å². The van der Waals surface area contributed by atoms with E-state index in [-0.39, 0.29) is 0 Å². The van der Waals surface area contributed by atoms with E-state index in [1.54, 1.807) is 7.05 Å². The molecule has 0 aliphatic heterocycles. The van der Waals surface area contributed by atoms with Crippen molar-refractivity contribution in [3.05, 3.63) is 29.8 Å². The van der Waals surface area contributed by atoms with E-state index >= 15 is 0 Å². The van der Waals surface area contributed by atoms with Crippen molar-refractivity contribution in [1.29, 1.82) is 0 Å². The molecule has 19 heavy (non-hydrogen) atoms. The molecule has 5 heteroatoms. The fourth-order valence-corrected chi connectivity index (χ4v) is 1.59. The third-order valence-corrected chi connectivity index (χ3v) is 2.68. The van der Waals surface area contributed by atoms with Crippen LogP contribution in [0, 0.1) is 0 Å². The highest BCUT2D eigenvalue weighted by Gasteiger charge is 2.04. The van der Waals surface area contributed by atoms with Crippen molar-refractivity contribution in [2.75, 3.05) is 41.3 Å². The first-order valence-corrected chi connectivity index (χ1v) is 6.41. The number of hydrogen-bond acceptors (Lipinski definition) is 3. The van der Waals surface area contributed by atoms with Gasteiger partial charge in [0.2, 0.25) is 0 Å². The molecule has 2 N–H and O–H groups in total. The van der Waals surface area contributed by atoms with Gasteiger partial charge in [-0.15, -0.1) is 0 Å². The zero-order valence-corrected chi connectivity index (χ0v) is 12.2. The summed E-state index contributed by atoms with van der Waals surface area (Å²) in [4.78, 5) is 6.18. The molecular weight excluding hydrogens is 240 g/mol. The molecule has 0 heterocycles. The lowest BCUT2D eigenvalue weighted by molar-refractivity contribution is 0.259. The third kappa shape index (κ3) is 5.61. The van der Waals surface area contributed by atoms with Gasteiger partial charge in [0.15, 0.2) is 5.96 Å². The second kappa shape index (κ2) is 8.37. The predicted molar refractivity (Wildman–Crippen MR) is 79.7 cm³/mol. The number of nitrogens with one attached hydrogen (secondary N) is 2.